The summed E-state index contributed by atoms with van der Waals surface area (Å²) < 4.78 is 5.20. The molecule has 3 heteroatoms. The Labute approximate surface area is 149 Å². The van der Waals surface area contributed by atoms with Crippen LogP contribution < -0.4 is 4.74 Å². The van der Waals surface area contributed by atoms with Crippen molar-refractivity contribution in [1.29, 1.82) is 0 Å². The lowest BCUT2D eigenvalue weighted by molar-refractivity contribution is -0.130. The van der Waals surface area contributed by atoms with E-state index in [9.17, 15) is 4.79 Å². The van der Waals surface area contributed by atoms with E-state index in [4.69, 9.17) is 4.74 Å². The number of hydrogen-bond acceptors (Lipinski definition) is 2. The molecule has 2 aromatic rings. The normalized spacial score (nSPS) is 14.1. The van der Waals surface area contributed by atoms with Gasteiger partial charge < -0.3 is 9.64 Å². The van der Waals surface area contributed by atoms with Crippen molar-refractivity contribution in [2.75, 3.05) is 20.2 Å². The second-order valence-electron chi connectivity index (χ2n) is 6.39. The number of nitrogens with zero attached hydrogens (tertiary/aromatic N) is 1. The Morgan fingerprint density at radius 1 is 1.08 bits per heavy atom. The quantitative estimate of drug-likeness (QED) is 0.786. The van der Waals surface area contributed by atoms with E-state index < -0.39 is 0 Å². The summed E-state index contributed by atoms with van der Waals surface area (Å²) in [7, 11) is 1.68. The molecule has 2 aromatic carbocycles. The first kappa shape index (κ1) is 17.3. The Morgan fingerprint density at radius 3 is 2.48 bits per heavy atom. The van der Waals surface area contributed by atoms with Gasteiger partial charge in [0.25, 0.3) is 0 Å². The van der Waals surface area contributed by atoms with Gasteiger partial charge in [0.15, 0.2) is 0 Å². The molecule has 130 valence electrons. The fourth-order valence-electron chi connectivity index (χ4n) is 3.21. The molecule has 0 N–H and O–H groups in total. The van der Waals surface area contributed by atoms with E-state index in [1.807, 2.05) is 35.2 Å². The Morgan fingerprint density at radius 2 is 1.84 bits per heavy atom. The van der Waals surface area contributed by atoms with E-state index in [1.165, 1.54) is 16.7 Å². The van der Waals surface area contributed by atoms with Crippen LogP contribution in [0.4, 0.5) is 0 Å². The largest absolute Gasteiger partial charge is 0.497 e. The second kappa shape index (κ2) is 8.52. The predicted molar refractivity (Wildman–Crippen MR) is 102 cm³/mol. The minimum atomic E-state index is 0.265. The van der Waals surface area contributed by atoms with Crippen molar-refractivity contribution in [3.05, 3.63) is 71.8 Å². The van der Waals surface area contributed by atoms with Gasteiger partial charge >= 0.3 is 0 Å². The van der Waals surface area contributed by atoms with Gasteiger partial charge in [-0.05, 0) is 48.1 Å². The van der Waals surface area contributed by atoms with Crippen LogP contribution in [0.1, 0.15) is 30.4 Å². The minimum Gasteiger partial charge on any atom is -0.497 e. The Balaban J connectivity index is 1.48. The summed E-state index contributed by atoms with van der Waals surface area (Å²) in [6, 6.07) is 18.5. The average molecular weight is 335 g/mol. The van der Waals surface area contributed by atoms with Crippen LogP contribution in [0.5, 0.6) is 5.75 Å². The van der Waals surface area contributed by atoms with Crippen molar-refractivity contribution in [2.45, 2.75) is 25.7 Å². The van der Waals surface area contributed by atoms with Crippen LogP contribution in [0.2, 0.25) is 0 Å². The zero-order valence-electron chi connectivity index (χ0n) is 14.8. The average Bonchev–Trinajstić information content (AvgIpc) is 2.69. The summed E-state index contributed by atoms with van der Waals surface area (Å²) in [4.78, 5) is 14.4. The van der Waals surface area contributed by atoms with E-state index in [2.05, 4.69) is 30.3 Å². The standard InChI is InChI=1S/C22H25NO2/c1-25-21-12-10-19(11-13-21)20-14-16-23(17-15-20)22(24)9-5-8-18-6-3-2-4-7-18/h2-4,6-7,10-14H,5,8-9,15-17H2,1H3. The number of hydrogen-bond donors (Lipinski definition) is 0. The maximum atomic E-state index is 12.4. The van der Waals surface area contributed by atoms with Gasteiger partial charge in [-0.2, -0.15) is 0 Å². The number of aryl methyl sites for hydroxylation is 1. The summed E-state index contributed by atoms with van der Waals surface area (Å²) in [6.07, 6.45) is 5.60. The maximum Gasteiger partial charge on any atom is 0.222 e. The third kappa shape index (κ3) is 4.72. The highest BCUT2D eigenvalue weighted by Gasteiger charge is 2.17. The molecule has 1 aliphatic rings. The Kier molecular flexibility index (Phi) is 5.89. The molecular formula is C22H25NO2. The van der Waals surface area contributed by atoms with Gasteiger partial charge in [-0.1, -0.05) is 48.5 Å². The number of rotatable bonds is 6. The van der Waals surface area contributed by atoms with Crippen molar-refractivity contribution in [1.82, 2.24) is 4.90 Å². The summed E-state index contributed by atoms with van der Waals surface area (Å²) in [5.74, 6) is 1.14. The highest BCUT2D eigenvalue weighted by molar-refractivity contribution is 5.78. The predicted octanol–water partition coefficient (Wildman–Crippen LogP) is 4.33. The van der Waals surface area contributed by atoms with Crippen molar-refractivity contribution in [2.24, 2.45) is 0 Å². The molecule has 0 aromatic heterocycles. The monoisotopic (exact) mass is 335 g/mol. The third-order valence-electron chi connectivity index (χ3n) is 4.72. The smallest absolute Gasteiger partial charge is 0.222 e. The first-order chi connectivity index (χ1) is 12.3. The van der Waals surface area contributed by atoms with Crippen LogP contribution >= 0.6 is 0 Å². The van der Waals surface area contributed by atoms with E-state index in [1.54, 1.807) is 7.11 Å². The zero-order valence-corrected chi connectivity index (χ0v) is 14.8. The number of carbonyl (C=O) groups is 1. The summed E-state index contributed by atoms with van der Waals surface area (Å²) in [6.45, 7) is 1.52. The lowest BCUT2D eigenvalue weighted by atomic mass is 9.99. The second-order valence-corrected chi connectivity index (χ2v) is 6.39. The van der Waals surface area contributed by atoms with Crippen LogP contribution in [0.25, 0.3) is 5.57 Å². The van der Waals surface area contributed by atoms with E-state index >= 15 is 0 Å². The number of methoxy groups -OCH3 is 1. The molecule has 0 atom stereocenters. The summed E-state index contributed by atoms with van der Waals surface area (Å²) in [5, 5.41) is 0. The van der Waals surface area contributed by atoms with Crippen molar-refractivity contribution < 1.29 is 9.53 Å². The molecule has 0 bridgehead atoms. The van der Waals surface area contributed by atoms with Crippen LogP contribution in [-0.2, 0) is 11.2 Å². The Hall–Kier alpha value is -2.55. The van der Waals surface area contributed by atoms with E-state index in [-0.39, 0.29) is 5.91 Å². The SMILES string of the molecule is COc1ccc(C2=CCN(C(=O)CCCc3ccccc3)CC2)cc1. The van der Waals surface area contributed by atoms with Crippen LogP contribution in [0.15, 0.2) is 60.7 Å². The molecule has 25 heavy (non-hydrogen) atoms. The van der Waals surface area contributed by atoms with Crippen molar-refractivity contribution in [3.8, 4) is 5.75 Å². The van der Waals surface area contributed by atoms with Gasteiger partial charge in [-0.15, -0.1) is 0 Å². The van der Waals surface area contributed by atoms with Crippen molar-refractivity contribution in [3.63, 3.8) is 0 Å². The van der Waals surface area contributed by atoms with Crippen molar-refractivity contribution >= 4 is 11.5 Å². The van der Waals surface area contributed by atoms with Gasteiger partial charge in [0, 0.05) is 19.5 Å². The number of benzene rings is 2. The van der Waals surface area contributed by atoms with Gasteiger partial charge in [-0.25, -0.2) is 0 Å². The third-order valence-corrected chi connectivity index (χ3v) is 4.72. The van der Waals surface area contributed by atoms with E-state index in [0.29, 0.717) is 13.0 Å². The lowest BCUT2D eigenvalue weighted by Gasteiger charge is -2.27. The van der Waals surface area contributed by atoms with Gasteiger partial charge in [0.1, 0.15) is 5.75 Å². The number of carbonyl (C=O) groups excluding carboxylic acids is 1. The molecule has 0 spiro atoms. The molecular weight excluding hydrogens is 310 g/mol. The van der Waals surface area contributed by atoms with Crippen LogP contribution in [0, 0.1) is 0 Å². The highest BCUT2D eigenvalue weighted by Crippen LogP contribution is 2.24. The lowest BCUT2D eigenvalue weighted by Crippen LogP contribution is -2.34. The van der Waals surface area contributed by atoms with Crippen LogP contribution in [-0.4, -0.2) is 31.0 Å². The first-order valence-corrected chi connectivity index (χ1v) is 8.91. The van der Waals surface area contributed by atoms with Gasteiger partial charge in [0.05, 0.1) is 7.11 Å². The molecule has 3 rings (SSSR count). The molecule has 0 fully saturated rings. The molecule has 1 amide bonds. The highest BCUT2D eigenvalue weighted by atomic mass is 16.5. The maximum absolute atomic E-state index is 12.4. The van der Waals surface area contributed by atoms with Crippen LogP contribution in [0.3, 0.4) is 0 Å². The fraction of sp³-hybridized carbons (Fsp3) is 0.318. The molecule has 0 radical (unpaired) electrons. The molecule has 1 heterocycles. The topological polar surface area (TPSA) is 29.5 Å². The van der Waals surface area contributed by atoms with Gasteiger partial charge in [0.2, 0.25) is 5.91 Å². The van der Waals surface area contributed by atoms with Gasteiger partial charge in [-0.3, -0.25) is 4.79 Å². The van der Waals surface area contributed by atoms with E-state index in [0.717, 1.165) is 31.6 Å². The summed E-state index contributed by atoms with van der Waals surface area (Å²) in [5.41, 5.74) is 3.84. The molecule has 1 aliphatic heterocycles. The number of amides is 1. The molecule has 0 saturated heterocycles. The number of ether oxygens (including phenoxy) is 1. The molecule has 0 unspecified atom stereocenters. The Bertz CT molecular complexity index is 719. The minimum absolute atomic E-state index is 0.265. The molecule has 0 aliphatic carbocycles. The zero-order chi connectivity index (χ0) is 17.5. The summed E-state index contributed by atoms with van der Waals surface area (Å²) >= 11 is 0. The molecule has 3 nitrogen and oxygen atoms in total. The molecule has 0 saturated carbocycles. The fourth-order valence-corrected chi connectivity index (χ4v) is 3.21. The first-order valence-electron chi connectivity index (χ1n) is 8.91.